The lowest BCUT2D eigenvalue weighted by atomic mass is 9.63. The molecule has 0 radical (unpaired) electrons. The van der Waals surface area contributed by atoms with E-state index in [1.165, 1.54) is 55.9 Å². The molecule has 3 aliphatic carbocycles. The molecule has 306 valence electrons. The van der Waals surface area contributed by atoms with Gasteiger partial charge in [0.25, 0.3) is 0 Å². The van der Waals surface area contributed by atoms with Gasteiger partial charge in [0.15, 0.2) is 0 Å². The largest absolute Gasteiger partial charge is 0.360 e. The van der Waals surface area contributed by atoms with Crippen LogP contribution in [0.15, 0.2) is 194 Å². The molecular weight excluding hydrogens is 767 g/mol. The SMILES string of the molecule is CC(C)(C)c1ccc2c(c1)C1(c3ccccc3-2)c2ccccc2C2(C)C1c1cc(N(C3=CCCC=C3)c3ccccc3)ccc1N2c1cc(-c2ccccn2)nc(-c2ccc[nH]2)c1. The predicted octanol–water partition coefficient (Wildman–Crippen LogP) is 14.3. The third-order valence-electron chi connectivity index (χ3n) is 14.2. The van der Waals surface area contributed by atoms with Gasteiger partial charge in [0.2, 0.25) is 0 Å². The van der Waals surface area contributed by atoms with Crippen LogP contribution < -0.4 is 9.80 Å². The van der Waals surface area contributed by atoms with Crippen molar-refractivity contribution in [1.82, 2.24) is 15.0 Å². The van der Waals surface area contributed by atoms with Crippen LogP contribution in [0.25, 0.3) is 33.9 Å². The van der Waals surface area contributed by atoms with Crippen molar-refractivity contribution in [3.8, 4) is 33.9 Å². The average Bonchev–Trinajstić information content (AvgIpc) is 4.07. The molecule has 0 amide bonds. The zero-order valence-electron chi connectivity index (χ0n) is 36.2. The fraction of sp³-hybridized carbons (Fsp3) is 0.172. The second-order valence-electron chi connectivity index (χ2n) is 18.7. The number of benzene rings is 5. The maximum atomic E-state index is 5.27. The third-order valence-corrected chi connectivity index (χ3v) is 14.2. The normalized spacial score (nSPS) is 20.2. The lowest BCUT2D eigenvalue weighted by Crippen LogP contribution is -2.42. The van der Waals surface area contributed by atoms with Crippen LogP contribution in [0.2, 0.25) is 0 Å². The summed E-state index contributed by atoms with van der Waals surface area (Å²) in [4.78, 5) is 18.7. The number of nitrogens with one attached hydrogen (secondary N) is 1. The molecule has 3 atom stereocenters. The molecule has 0 bridgehead atoms. The highest BCUT2D eigenvalue weighted by molar-refractivity contribution is 5.92. The van der Waals surface area contributed by atoms with Crippen molar-refractivity contribution < 1.29 is 0 Å². The minimum atomic E-state index is -0.540. The number of anilines is 4. The van der Waals surface area contributed by atoms with Gasteiger partial charge in [0.1, 0.15) is 0 Å². The van der Waals surface area contributed by atoms with Gasteiger partial charge in [-0.3, -0.25) is 4.98 Å². The van der Waals surface area contributed by atoms with Crippen molar-refractivity contribution in [3.05, 3.63) is 227 Å². The second kappa shape index (κ2) is 13.9. The average molecular weight is 816 g/mol. The maximum absolute atomic E-state index is 5.27. The minimum absolute atomic E-state index is 0.0242. The highest BCUT2D eigenvalue weighted by Gasteiger charge is 2.68. The summed E-state index contributed by atoms with van der Waals surface area (Å²) >= 11 is 0. The van der Waals surface area contributed by atoms with Gasteiger partial charge >= 0.3 is 0 Å². The Morgan fingerprint density at radius 1 is 0.651 bits per heavy atom. The first-order valence-corrected chi connectivity index (χ1v) is 22.3. The Bertz CT molecular complexity index is 3140. The van der Waals surface area contributed by atoms with E-state index in [0.717, 1.165) is 52.7 Å². The highest BCUT2D eigenvalue weighted by Crippen LogP contribution is 2.74. The monoisotopic (exact) mass is 815 g/mol. The lowest BCUT2D eigenvalue weighted by Gasteiger charge is -2.42. The van der Waals surface area contributed by atoms with Gasteiger partial charge in [-0.25, -0.2) is 4.98 Å². The quantitative estimate of drug-likeness (QED) is 0.182. The van der Waals surface area contributed by atoms with Gasteiger partial charge in [-0.15, -0.1) is 0 Å². The van der Waals surface area contributed by atoms with Gasteiger partial charge in [0, 0.05) is 46.8 Å². The molecule has 1 spiro atoms. The lowest BCUT2D eigenvalue weighted by molar-refractivity contribution is 0.376. The van der Waals surface area contributed by atoms with E-state index in [1.54, 1.807) is 0 Å². The summed E-state index contributed by atoms with van der Waals surface area (Å²) in [5.74, 6) is -0.0242. The zero-order valence-corrected chi connectivity index (χ0v) is 36.2. The van der Waals surface area contributed by atoms with E-state index in [9.17, 15) is 0 Å². The van der Waals surface area contributed by atoms with Crippen molar-refractivity contribution in [2.24, 2.45) is 0 Å². The predicted molar refractivity (Wildman–Crippen MR) is 258 cm³/mol. The zero-order chi connectivity index (χ0) is 42.5. The molecule has 0 saturated carbocycles. The highest BCUT2D eigenvalue weighted by atomic mass is 15.3. The van der Waals surface area contributed by atoms with E-state index in [-0.39, 0.29) is 11.3 Å². The van der Waals surface area contributed by atoms with Crippen LogP contribution in [0.4, 0.5) is 22.7 Å². The molecule has 3 aromatic heterocycles. The molecule has 5 heteroatoms. The summed E-state index contributed by atoms with van der Waals surface area (Å²) in [6, 6.07) is 58.8. The summed E-state index contributed by atoms with van der Waals surface area (Å²) in [5.41, 5.74) is 19.0. The van der Waals surface area contributed by atoms with E-state index in [0.29, 0.717) is 0 Å². The number of para-hydroxylation sites is 1. The van der Waals surface area contributed by atoms with Crippen molar-refractivity contribution in [2.45, 2.75) is 62.8 Å². The molecule has 5 nitrogen and oxygen atoms in total. The fourth-order valence-corrected chi connectivity index (χ4v) is 11.6. The molecule has 63 heavy (non-hydrogen) atoms. The van der Waals surface area contributed by atoms with Crippen LogP contribution >= 0.6 is 0 Å². The first-order valence-electron chi connectivity index (χ1n) is 22.3. The van der Waals surface area contributed by atoms with Crippen LogP contribution in [0.3, 0.4) is 0 Å². The number of allylic oxidation sites excluding steroid dienone is 3. The summed E-state index contributed by atoms with van der Waals surface area (Å²) in [5, 5.41) is 0. The molecule has 12 rings (SSSR count). The molecule has 0 saturated heterocycles. The number of aromatic amines is 1. The van der Waals surface area contributed by atoms with Crippen LogP contribution in [0.5, 0.6) is 0 Å². The Kier molecular flexibility index (Phi) is 8.27. The molecule has 1 N–H and O–H groups in total. The number of pyridine rings is 2. The molecule has 8 aromatic rings. The Hall–Kier alpha value is -7.24. The van der Waals surface area contributed by atoms with Crippen LogP contribution in [-0.2, 0) is 16.4 Å². The van der Waals surface area contributed by atoms with Crippen molar-refractivity contribution in [2.75, 3.05) is 9.80 Å². The van der Waals surface area contributed by atoms with Gasteiger partial charge in [-0.05, 0) is 142 Å². The van der Waals surface area contributed by atoms with E-state index in [1.807, 2.05) is 30.6 Å². The number of hydrogen-bond donors (Lipinski definition) is 1. The Morgan fingerprint density at radius 2 is 1.41 bits per heavy atom. The minimum Gasteiger partial charge on any atom is -0.360 e. The smallest absolute Gasteiger partial charge is 0.0915 e. The topological polar surface area (TPSA) is 48.1 Å². The number of aromatic nitrogens is 3. The van der Waals surface area contributed by atoms with E-state index < -0.39 is 11.0 Å². The van der Waals surface area contributed by atoms with E-state index in [2.05, 4.69) is 200 Å². The Balaban J connectivity index is 1.19. The summed E-state index contributed by atoms with van der Waals surface area (Å²) < 4.78 is 0. The number of nitrogens with zero attached hydrogens (tertiary/aromatic N) is 4. The van der Waals surface area contributed by atoms with Crippen LogP contribution in [0.1, 0.15) is 79.8 Å². The number of fused-ring (bicyclic) bond motifs is 12. The number of H-pyrrole nitrogens is 1. The molecule has 1 aliphatic heterocycles. The fourth-order valence-electron chi connectivity index (χ4n) is 11.6. The Labute approximate surface area is 370 Å². The van der Waals surface area contributed by atoms with Gasteiger partial charge < -0.3 is 14.8 Å². The number of hydrogen-bond acceptors (Lipinski definition) is 4. The molecule has 4 aliphatic rings. The van der Waals surface area contributed by atoms with Gasteiger partial charge in [-0.2, -0.15) is 0 Å². The Morgan fingerprint density at radius 3 is 2.17 bits per heavy atom. The molecular formula is C58H49N5. The molecule has 3 unspecified atom stereocenters. The first-order chi connectivity index (χ1) is 30.8. The van der Waals surface area contributed by atoms with Crippen LogP contribution in [-0.4, -0.2) is 15.0 Å². The van der Waals surface area contributed by atoms with Gasteiger partial charge in [-0.1, -0.05) is 124 Å². The number of rotatable bonds is 6. The summed E-state index contributed by atoms with van der Waals surface area (Å²) in [6.07, 6.45) is 12.9. The van der Waals surface area contributed by atoms with Crippen molar-refractivity contribution >= 4 is 22.7 Å². The summed E-state index contributed by atoms with van der Waals surface area (Å²) in [6.45, 7) is 9.53. The van der Waals surface area contributed by atoms with Crippen LogP contribution in [0, 0.1) is 0 Å². The maximum Gasteiger partial charge on any atom is 0.0915 e. The first kappa shape index (κ1) is 37.5. The standard InChI is InChI=1S/C58H49N5/c1-56(2,3)38-28-30-44-43-22-11-12-23-46(43)58(49(44)34-38)48-25-14-13-24-47(48)57(4)55(58)45-35-41(62(39-18-7-5-8-19-39)40-20-9-6-10-21-40)29-31-54(45)63(57)42-36-52(50-26-15-16-32-59-50)61-53(37-42)51-27-17-33-60-51/h5,7-9,11-37,55,60H,6,10H2,1-4H3. The van der Waals surface area contributed by atoms with E-state index in [4.69, 9.17) is 9.97 Å². The van der Waals surface area contributed by atoms with Crippen molar-refractivity contribution in [3.63, 3.8) is 0 Å². The molecule has 0 fully saturated rings. The van der Waals surface area contributed by atoms with Gasteiger partial charge in [0.05, 0.1) is 33.7 Å². The van der Waals surface area contributed by atoms with Crippen molar-refractivity contribution in [1.29, 1.82) is 0 Å². The molecule has 5 aromatic carbocycles. The molecule has 4 heterocycles. The third kappa shape index (κ3) is 5.42. The summed E-state index contributed by atoms with van der Waals surface area (Å²) in [7, 11) is 0. The second-order valence-corrected chi connectivity index (χ2v) is 18.7. The van der Waals surface area contributed by atoms with E-state index >= 15 is 0 Å².